The van der Waals surface area contributed by atoms with Crippen LogP contribution in [-0.2, 0) is 16.1 Å². The topological polar surface area (TPSA) is 47.9 Å². The van der Waals surface area contributed by atoms with E-state index in [4.69, 9.17) is 14.2 Å². The molecule has 0 saturated heterocycles. The molecule has 0 bridgehead atoms. The molecule has 0 spiro atoms. The second-order valence-corrected chi connectivity index (χ2v) is 4.72. The molecular weight excluding hydrogens is 244 g/mol. The van der Waals surface area contributed by atoms with E-state index in [9.17, 15) is 5.11 Å². The summed E-state index contributed by atoms with van der Waals surface area (Å²) in [6, 6.07) is 5.62. The zero-order valence-corrected chi connectivity index (χ0v) is 12.2. The molecule has 1 aromatic rings. The van der Waals surface area contributed by atoms with E-state index in [0.29, 0.717) is 19.8 Å². The number of benzene rings is 1. The summed E-state index contributed by atoms with van der Waals surface area (Å²) in [6.45, 7) is 7.30. The fourth-order valence-electron chi connectivity index (χ4n) is 1.70. The van der Waals surface area contributed by atoms with E-state index in [1.165, 1.54) is 0 Å². The molecule has 1 aromatic carbocycles. The Balaban J connectivity index is 2.53. The van der Waals surface area contributed by atoms with Crippen LogP contribution in [0.4, 0.5) is 0 Å². The van der Waals surface area contributed by atoms with Crippen molar-refractivity contribution in [2.24, 2.45) is 0 Å². The molecule has 0 aliphatic rings. The minimum absolute atomic E-state index is 0.219. The Morgan fingerprint density at radius 1 is 1.16 bits per heavy atom. The third-order valence-corrected chi connectivity index (χ3v) is 2.72. The number of aliphatic hydroxyl groups excluding tert-OH is 1. The number of ether oxygens (including phenoxy) is 3. The van der Waals surface area contributed by atoms with Gasteiger partial charge in [-0.1, -0.05) is 6.07 Å². The lowest BCUT2D eigenvalue weighted by molar-refractivity contribution is 0.0138. The Kier molecular flexibility index (Phi) is 6.84. The predicted molar refractivity (Wildman–Crippen MR) is 74.4 cm³/mol. The first-order chi connectivity index (χ1) is 9.04. The van der Waals surface area contributed by atoms with Crippen molar-refractivity contribution < 1.29 is 19.3 Å². The molecule has 0 saturated carbocycles. The molecule has 0 radical (unpaired) electrons. The minimum Gasteiger partial charge on any atom is -0.496 e. The Bertz CT molecular complexity index is 374. The van der Waals surface area contributed by atoms with Crippen molar-refractivity contribution in [3.63, 3.8) is 0 Å². The van der Waals surface area contributed by atoms with E-state index in [1.807, 2.05) is 32.0 Å². The summed E-state index contributed by atoms with van der Waals surface area (Å²) in [7, 11) is 1.63. The second kappa shape index (κ2) is 8.15. The SMILES string of the molecule is COc1ccc(C(C)O)cc1COCCOC(C)C. The van der Waals surface area contributed by atoms with E-state index in [0.717, 1.165) is 16.9 Å². The minimum atomic E-state index is -0.492. The summed E-state index contributed by atoms with van der Waals surface area (Å²) >= 11 is 0. The summed E-state index contributed by atoms with van der Waals surface area (Å²) in [5.41, 5.74) is 1.79. The van der Waals surface area contributed by atoms with Crippen LogP contribution in [-0.4, -0.2) is 31.5 Å². The predicted octanol–water partition coefficient (Wildman–Crippen LogP) is 2.69. The van der Waals surface area contributed by atoms with Gasteiger partial charge >= 0.3 is 0 Å². The van der Waals surface area contributed by atoms with Gasteiger partial charge in [-0.25, -0.2) is 0 Å². The van der Waals surface area contributed by atoms with Gasteiger partial charge in [-0.15, -0.1) is 0 Å². The normalized spacial score (nSPS) is 12.7. The Labute approximate surface area is 115 Å². The summed E-state index contributed by atoms with van der Waals surface area (Å²) < 4.78 is 16.2. The van der Waals surface area contributed by atoms with Crippen LogP contribution in [0, 0.1) is 0 Å². The van der Waals surface area contributed by atoms with Crippen molar-refractivity contribution in [3.8, 4) is 5.75 Å². The molecule has 1 rings (SSSR count). The van der Waals surface area contributed by atoms with Gasteiger partial charge in [-0.3, -0.25) is 0 Å². The zero-order chi connectivity index (χ0) is 14.3. The zero-order valence-electron chi connectivity index (χ0n) is 12.2. The molecule has 19 heavy (non-hydrogen) atoms. The molecule has 0 heterocycles. The van der Waals surface area contributed by atoms with Gasteiger partial charge in [0.15, 0.2) is 0 Å². The molecule has 0 aliphatic heterocycles. The molecule has 0 fully saturated rings. The quantitative estimate of drug-likeness (QED) is 0.736. The maximum atomic E-state index is 9.58. The molecule has 108 valence electrons. The maximum absolute atomic E-state index is 9.58. The molecule has 0 aliphatic carbocycles. The average molecular weight is 268 g/mol. The molecule has 0 amide bonds. The number of aliphatic hydroxyl groups is 1. The van der Waals surface area contributed by atoms with Gasteiger partial charge in [0, 0.05) is 5.56 Å². The lowest BCUT2D eigenvalue weighted by Gasteiger charge is -2.13. The fourth-order valence-corrected chi connectivity index (χ4v) is 1.70. The molecule has 1 N–H and O–H groups in total. The van der Waals surface area contributed by atoms with Gasteiger partial charge in [-0.2, -0.15) is 0 Å². The van der Waals surface area contributed by atoms with Crippen LogP contribution < -0.4 is 4.74 Å². The molecule has 4 nitrogen and oxygen atoms in total. The highest BCUT2D eigenvalue weighted by atomic mass is 16.5. The van der Waals surface area contributed by atoms with Gasteiger partial charge in [-0.05, 0) is 38.5 Å². The molecule has 4 heteroatoms. The van der Waals surface area contributed by atoms with Crippen molar-refractivity contribution >= 4 is 0 Å². The highest BCUT2D eigenvalue weighted by molar-refractivity contribution is 5.37. The fraction of sp³-hybridized carbons (Fsp3) is 0.600. The second-order valence-electron chi connectivity index (χ2n) is 4.72. The van der Waals surface area contributed by atoms with Gasteiger partial charge in [0.05, 0.1) is 39.1 Å². The van der Waals surface area contributed by atoms with Crippen molar-refractivity contribution in [2.45, 2.75) is 39.6 Å². The van der Waals surface area contributed by atoms with E-state index in [1.54, 1.807) is 14.0 Å². The summed E-state index contributed by atoms with van der Waals surface area (Å²) in [6.07, 6.45) is -0.273. The van der Waals surface area contributed by atoms with Crippen LogP contribution in [0.5, 0.6) is 5.75 Å². The summed E-state index contributed by atoms with van der Waals surface area (Å²) in [4.78, 5) is 0. The maximum Gasteiger partial charge on any atom is 0.124 e. The monoisotopic (exact) mass is 268 g/mol. The molecule has 1 unspecified atom stereocenters. The van der Waals surface area contributed by atoms with E-state index in [2.05, 4.69) is 0 Å². The van der Waals surface area contributed by atoms with Crippen molar-refractivity contribution in [2.75, 3.05) is 20.3 Å². The van der Waals surface area contributed by atoms with Crippen molar-refractivity contribution in [1.29, 1.82) is 0 Å². The van der Waals surface area contributed by atoms with Crippen LogP contribution in [0.1, 0.15) is 38.0 Å². The van der Waals surface area contributed by atoms with Crippen LogP contribution in [0.2, 0.25) is 0 Å². The number of rotatable bonds is 8. The first-order valence-electron chi connectivity index (χ1n) is 6.58. The van der Waals surface area contributed by atoms with Crippen molar-refractivity contribution in [3.05, 3.63) is 29.3 Å². The van der Waals surface area contributed by atoms with Gasteiger partial charge in [0.1, 0.15) is 5.75 Å². The molecule has 1 atom stereocenters. The Morgan fingerprint density at radius 2 is 1.89 bits per heavy atom. The summed E-state index contributed by atoms with van der Waals surface area (Å²) in [5.74, 6) is 0.772. The highest BCUT2D eigenvalue weighted by Crippen LogP contribution is 2.23. The Hall–Kier alpha value is -1.10. The van der Waals surface area contributed by atoms with Gasteiger partial charge in [0.25, 0.3) is 0 Å². The van der Waals surface area contributed by atoms with E-state index < -0.39 is 6.10 Å². The third-order valence-electron chi connectivity index (χ3n) is 2.72. The first-order valence-corrected chi connectivity index (χ1v) is 6.58. The van der Waals surface area contributed by atoms with Crippen LogP contribution >= 0.6 is 0 Å². The summed E-state index contributed by atoms with van der Waals surface area (Å²) in [5, 5.41) is 9.58. The van der Waals surface area contributed by atoms with E-state index in [-0.39, 0.29) is 6.10 Å². The third kappa shape index (κ3) is 5.59. The Morgan fingerprint density at radius 3 is 2.47 bits per heavy atom. The van der Waals surface area contributed by atoms with Gasteiger partial charge in [0.2, 0.25) is 0 Å². The molecule has 0 aromatic heterocycles. The lowest BCUT2D eigenvalue weighted by Crippen LogP contribution is -2.10. The van der Waals surface area contributed by atoms with Crippen LogP contribution in [0.25, 0.3) is 0 Å². The smallest absolute Gasteiger partial charge is 0.124 e. The number of methoxy groups -OCH3 is 1. The highest BCUT2D eigenvalue weighted by Gasteiger charge is 2.08. The van der Waals surface area contributed by atoms with Gasteiger partial charge < -0.3 is 19.3 Å². The number of hydrogen-bond acceptors (Lipinski definition) is 4. The van der Waals surface area contributed by atoms with Crippen molar-refractivity contribution in [1.82, 2.24) is 0 Å². The first kappa shape index (κ1) is 16.0. The molecular formula is C15H24O4. The standard InChI is InChI=1S/C15H24O4/c1-11(2)19-8-7-18-10-14-9-13(12(3)16)5-6-15(14)17-4/h5-6,9,11-12,16H,7-8,10H2,1-4H3. The lowest BCUT2D eigenvalue weighted by atomic mass is 10.1. The average Bonchev–Trinajstić information content (AvgIpc) is 2.37. The van der Waals surface area contributed by atoms with Crippen LogP contribution in [0.15, 0.2) is 18.2 Å². The number of hydrogen-bond donors (Lipinski definition) is 1. The van der Waals surface area contributed by atoms with E-state index >= 15 is 0 Å². The largest absolute Gasteiger partial charge is 0.496 e. The van der Waals surface area contributed by atoms with Crippen LogP contribution in [0.3, 0.4) is 0 Å².